The van der Waals surface area contributed by atoms with Crippen molar-refractivity contribution in [3.8, 4) is 0 Å². The van der Waals surface area contributed by atoms with E-state index in [4.69, 9.17) is 23.2 Å². The van der Waals surface area contributed by atoms with Crippen LogP contribution < -0.4 is 4.90 Å². The zero-order valence-electron chi connectivity index (χ0n) is 11.0. The number of anilines is 1. The van der Waals surface area contributed by atoms with Crippen molar-refractivity contribution < 1.29 is 0 Å². The van der Waals surface area contributed by atoms with E-state index in [1.165, 1.54) is 31.4 Å². The Morgan fingerprint density at radius 2 is 2.00 bits per heavy atom. The maximum absolute atomic E-state index is 6.22. The number of rotatable bonds is 4. The Morgan fingerprint density at radius 1 is 1.28 bits per heavy atom. The average Bonchev–Trinajstić information content (AvgIpc) is 2.40. The van der Waals surface area contributed by atoms with Crippen LogP contribution in [0.2, 0.25) is 5.02 Å². The lowest BCUT2D eigenvalue weighted by molar-refractivity contribution is 0.378. The van der Waals surface area contributed by atoms with Gasteiger partial charge in [-0.1, -0.05) is 37.4 Å². The highest BCUT2D eigenvalue weighted by atomic mass is 35.5. The summed E-state index contributed by atoms with van der Waals surface area (Å²) in [6.45, 7) is 4.54. The van der Waals surface area contributed by atoms with Crippen LogP contribution in [0.5, 0.6) is 0 Å². The standard InChI is InChI=1S/C15H21Cl2N/c1-2-4-12-7-9-18(10-8-12)15-6-3-5-14(17)13(15)11-16/h3,5-6,12H,2,4,7-11H2,1H3. The lowest BCUT2D eigenvalue weighted by Gasteiger charge is -2.34. The molecule has 0 aliphatic carbocycles. The van der Waals surface area contributed by atoms with E-state index in [1.807, 2.05) is 12.1 Å². The summed E-state index contributed by atoms with van der Waals surface area (Å²) < 4.78 is 0. The molecule has 0 spiro atoms. The number of nitrogens with zero attached hydrogens (tertiary/aromatic N) is 1. The first-order valence-electron chi connectivity index (χ1n) is 6.84. The van der Waals surface area contributed by atoms with Crippen LogP contribution in [-0.4, -0.2) is 13.1 Å². The molecule has 0 N–H and O–H groups in total. The molecule has 2 rings (SSSR count). The van der Waals surface area contributed by atoms with Gasteiger partial charge in [0.15, 0.2) is 0 Å². The van der Waals surface area contributed by atoms with Gasteiger partial charge in [0.2, 0.25) is 0 Å². The molecule has 1 aromatic carbocycles. The number of piperidine rings is 1. The fourth-order valence-corrected chi connectivity index (χ4v) is 3.43. The van der Waals surface area contributed by atoms with Crippen LogP contribution in [0.15, 0.2) is 18.2 Å². The summed E-state index contributed by atoms with van der Waals surface area (Å²) in [6, 6.07) is 6.09. The molecule has 0 unspecified atom stereocenters. The lowest BCUT2D eigenvalue weighted by atomic mass is 9.92. The van der Waals surface area contributed by atoms with E-state index in [9.17, 15) is 0 Å². The number of halogens is 2. The van der Waals surface area contributed by atoms with Gasteiger partial charge in [-0.05, 0) is 30.9 Å². The summed E-state index contributed by atoms with van der Waals surface area (Å²) >= 11 is 12.2. The Hall–Kier alpha value is -0.400. The molecule has 0 aromatic heterocycles. The zero-order chi connectivity index (χ0) is 13.0. The molecule has 0 saturated carbocycles. The topological polar surface area (TPSA) is 3.24 Å². The predicted octanol–water partition coefficient (Wildman–Crippen LogP) is 5.10. The molecule has 100 valence electrons. The molecule has 1 heterocycles. The highest BCUT2D eigenvalue weighted by molar-refractivity contribution is 6.32. The SMILES string of the molecule is CCCC1CCN(c2cccc(Cl)c2CCl)CC1. The molecule has 1 aliphatic heterocycles. The van der Waals surface area contributed by atoms with E-state index in [2.05, 4.69) is 17.9 Å². The largest absolute Gasteiger partial charge is 0.371 e. The number of alkyl halides is 1. The molecular formula is C15H21Cl2N. The molecule has 1 saturated heterocycles. The van der Waals surface area contributed by atoms with Gasteiger partial charge in [0.1, 0.15) is 0 Å². The summed E-state index contributed by atoms with van der Waals surface area (Å²) in [6.07, 6.45) is 5.25. The second-order valence-electron chi connectivity index (χ2n) is 5.09. The highest BCUT2D eigenvalue weighted by Crippen LogP contribution is 2.32. The third kappa shape index (κ3) is 3.13. The van der Waals surface area contributed by atoms with Crippen LogP contribution in [0.3, 0.4) is 0 Å². The van der Waals surface area contributed by atoms with Crippen molar-refractivity contribution in [1.82, 2.24) is 0 Å². The molecule has 0 bridgehead atoms. The lowest BCUT2D eigenvalue weighted by Crippen LogP contribution is -2.34. The van der Waals surface area contributed by atoms with Crippen molar-refractivity contribution in [2.45, 2.75) is 38.5 Å². The number of benzene rings is 1. The van der Waals surface area contributed by atoms with E-state index < -0.39 is 0 Å². The second kappa shape index (κ2) is 6.68. The third-order valence-corrected chi connectivity index (χ3v) is 4.50. The van der Waals surface area contributed by atoms with Gasteiger partial charge in [-0.25, -0.2) is 0 Å². The van der Waals surface area contributed by atoms with E-state index in [0.29, 0.717) is 5.88 Å². The molecule has 0 amide bonds. The van der Waals surface area contributed by atoms with Crippen LogP contribution in [0.25, 0.3) is 0 Å². The monoisotopic (exact) mass is 285 g/mol. The van der Waals surface area contributed by atoms with Crippen molar-refractivity contribution in [3.63, 3.8) is 0 Å². The normalized spacial score (nSPS) is 17.2. The first-order chi connectivity index (χ1) is 8.76. The van der Waals surface area contributed by atoms with Gasteiger partial charge in [0, 0.05) is 29.4 Å². The quantitative estimate of drug-likeness (QED) is 0.696. The zero-order valence-corrected chi connectivity index (χ0v) is 12.5. The fourth-order valence-electron chi connectivity index (χ4n) is 2.85. The predicted molar refractivity (Wildman–Crippen MR) is 80.9 cm³/mol. The minimum Gasteiger partial charge on any atom is -0.371 e. The van der Waals surface area contributed by atoms with Crippen LogP contribution >= 0.6 is 23.2 Å². The molecule has 18 heavy (non-hydrogen) atoms. The van der Waals surface area contributed by atoms with Crippen LogP contribution in [-0.2, 0) is 5.88 Å². The molecule has 0 radical (unpaired) electrons. The van der Waals surface area contributed by atoms with Gasteiger partial charge >= 0.3 is 0 Å². The Balaban J connectivity index is 2.07. The van der Waals surface area contributed by atoms with Crippen molar-refractivity contribution in [2.75, 3.05) is 18.0 Å². The molecule has 1 nitrogen and oxygen atoms in total. The van der Waals surface area contributed by atoms with Gasteiger partial charge in [0.05, 0.1) is 5.88 Å². The Kier molecular flexibility index (Phi) is 5.20. The number of hydrogen-bond donors (Lipinski definition) is 0. The molecule has 1 aromatic rings. The van der Waals surface area contributed by atoms with Gasteiger partial charge in [-0.15, -0.1) is 11.6 Å². The Morgan fingerprint density at radius 3 is 2.61 bits per heavy atom. The minimum absolute atomic E-state index is 0.490. The van der Waals surface area contributed by atoms with Crippen molar-refractivity contribution >= 4 is 28.9 Å². The van der Waals surface area contributed by atoms with Crippen molar-refractivity contribution in [3.05, 3.63) is 28.8 Å². The van der Waals surface area contributed by atoms with E-state index in [1.54, 1.807) is 0 Å². The molecule has 0 atom stereocenters. The summed E-state index contributed by atoms with van der Waals surface area (Å²) in [5.74, 6) is 1.40. The van der Waals surface area contributed by atoms with E-state index in [-0.39, 0.29) is 0 Å². The van der Waals surface area contributed by atoms with Crippen LogP contribution in [0.1, 0.15) is 38.2 Å². The molecular weight excluding hydrogens is 265 g/mol. The highest BCUT2D eigenvalue weighted by Gasteiger charge is 2.20. The summed E-state index contributed by atoms with van der Waals surface area (Å²) in [7, 11) is 0. The van der Waals surface area contributed by atoms with Gasteiger partial charge in [-0.3, -0.25) is 0 Å². The van der Waals surface area contributed by atoms with E-state index >= 15 is 0 Å². The van der Waals surface area contributed by atoms with Crippen LogP contribution in [0.4, 0.5) is 5.69 Å². The molecule has 1 aliphatic rings. The van der Waals surface area contributed by atoms with E-state index in [0.717, 1.165) is 29.6 Å². The third-order valence-electron chi connectivity index (χ3n) is 3.88. The van der Waals surface area contributed by atoms with Crippen molar-refractivity contribution in [1.29, 1.82) is 0 Å². The molecule has 3 heteroatoms. The number of hydrogen-bond acceptors (Lipinski definition) is 1. The Bertz CT molecular complexity index is 384. The maximum Gasteiger partial charge on any atom is 0.0509 e. The summed E-state index contributed by atoms with van der Waals surface area (Å²) in [5.41, 5.74) is 2.31. The smallest absolute Gasteiger partial charge is 0.0509 e. The maximum atomic E-state index is 6.22. The average molecular weight is 286 g/mol. The molecule has 1 fully saturated rings. The van der Waals surface area contributed by atoms with Gasteiger partial charge < -0.3 is 4.90 Å². The van der Waals surface area contributed by atoms with Crippen molar-refractivity contribution in [2.24, 2.45) is 5.92 Å². The minimum atomic E-state index is 0.490. The van der Waals surface area contributed by atoms with Crippen LogP contribution in [0, 0.1) is 5.92 Å². The van der Waals surface area contributed by atoms with Gasteiger partial charge in [0.25, 0.3) is 0 Å². The Labute approximate surface area is 120 Å². The first kappa shape index (κ1) is 14.0. The first-order valence-corrected chi connectivity index (χ1v) is 7.75. The summed E-state index contributed by atoms with van der Waals surface area (Å²) in [5, 5.41) is 0.790. The van der Waals surface area contributed by atoms with Gasteiger partial charge in [-0.2, -0.15) is 0 Å². The summed E-state index contributed by atoms with van der Waals surface area (Å²) in [4.78, 5) is 2.44. The fraction of sp³-hybridized carbons (Fsp3) is 0.600. The second-order valence-corrected chi connectivity index (χ2v) is 5.76.